The van der Waals surface area contributed by atoms with Gasteiger partial charge in [0.1, 0.15) is 5.41 Å². The largest absolute Gasteiger partial charge is 0.403 e. The van der Waals surface area contributed by atoms with Crippen LogP contribution in [0.1, 0.15) is 6.92 Å². The third-order valence-electron chi connectivity index (χ3n) is 2.39. The number of carbonyl (C=O) groups excluding carboxylic acids is 1. The third-order valence-corrected chi connectivity index (χ3v) is 2.39. The Labute approximate surface area is 85.9 Å². The summed E-state index contributed by atoms with van der Waals surface area (Å²) in [5.74, 6) is -0.899. The second-order valence-electron chi connectivity index (χ2n) is 4.02. The molecule has 0 aromatic heterocycles. The summed E-state index contributed by atoms with van der Waals surface area (Å²) in [5, 5.41) is 2.48. The first kappa shape index (κ1) is 11.9. The van der Waals surface area contributed by atoms with Crippen LogP contribution in [0.5, 0.6) is 0 Å². The predicted molar refractivity (Wildman–Crippen MR) is 48.9 cm³/mol. The molecule has 86 valence electrons. The van der Waals surface area contributed by atoms with Crippen LogP contribution in [-0.2, 0) is 4.79 Å². The Bertz CT molecular complexity index is 309. The summed E-state index contributed by atoms with van der Waals surface area (Å²) >= 11 is 0. The van der Waals surface area contributed by atoms with E-state index in [1.807, 2.05) is 0 Å². The van der Waals surface area contributed by atoms with Crippen molar-refractivity contribution in [2.75, 3.05) is 20.6 Å². The maximum Gasteiger partial charge on any atom is 0.403 e. The number of alkyl halides is 3. The molecule has 0 aliphatic carbocycles. The number of hydrogen-bond donors (Lipinski definition) is 1. The van der Waals surface area contributed by atoms with E-state index in [4.69, 9.17) is 0 Å². The topological polar surface area (TPSA) is 32.3 Å². The molecular formula is C9H13F3N2O. The highest BCUT2D eigenvalue weighted by molar-refractivity contribution is 6.02. The molecule has 1 rings (SSSR count). The van der Waals surface area contributed by atoms with Crippen LogP contribution in [0.4, 0.5) is 13.2 Å². The molecule has 1 saturated heterocycles. The van der Waals surface area contributed by atoms with E-state index in [9.17, 15) is 18.0 Å². The minimum absolute atomic E-state index is 0.0137. The number of hydrogen-bond acceptors (Lipinski definition) is 3. The fraction of sp³-hybridized carbons (Fsp3) is 0.667. The molecule has 1 aliphatic rings. The Hall–Kier alpha value is -1.20. The van der Waals surface area contributed by atoms with Crippen molar-refractivity contribution in [3.63, 3.8) is 0 Å². The smallest absolute Gasteiger partial charge is 0.382 e. The number of carbonyl (C=O) groups is 1. The summed E-state index contributed by atoms with van der Waals surface area (Å²) in [4.78, 5) is 13.1. The lowest BCUT2D eigenvalue weighted by Crippen LogP contribution is -2.42. The Balaban J connectivity index is 2.99. The number of nitrogens with one attached hydrogen (secondary N) is 1. The molecule has 0 spiro atoms. The summed E-state index contributed by atoms with van der Waals surface area (Å²) in [6, 6.07) is 0. The Kier molecular flexibility index (Phi) is 2.71. The summed E-state index contributed by atoms with van der Waals surface area (Å²) < 4.78 is 37.8. The number of rotatable bonds is 1. The van der Waals surface area contributed by atoms with E-state index >= 15 is 0 Å². The summed E-state index contributed by atoms with van der Waals surface area (Å²) in [6.45, 7) is 0.522. The fourth-order valence-corrected chi connectivity index (χ4v) is 1.32. The van der Waals surface area contributed by atoms with Crippen LogP contribution >= 0.6 is 0 Å². The van der Waals surface area contributed by atoms with E-state index in [1.165, 1.54) is 11.1 Å². The van der Waals surface area contributed by atoms with Crippen LogP contribution in [0.15, 0.2) is 11.9 Å². The molecule has 3 nitrogen and oxygen atoms in total. The van der Waals surface area contributed by atoms with E-state index in [0.29, 0.717) is 0 Å². The van der Waals surface area contributed by atoms with Gasteiger partial charge in [0.25, 0.3) is 0 Å². The molecule has 0 bridgehead atoms. The molecule has 0 aromatic carbocycles. The predicted octanol–water partition coefficient (Wildman–Crippen LogP) is 1.13. The average molecular weight is 222 g/mol. The Morgan fingerprint density at radius 1 is 1.47 bits per heavy atom. The van der Waals surface area contributed by atoms with Gasteiger partial charge in [-0.25, -0.2) is 0 Å². The summed E-state index contributed by atoms with van der Waals surface area (Å²) in [7, 11) is 3.29. The molecule has 0 amide bonds. The highest BCUT2D eigenvalue weighted by atomic mass is 19.4. The van der Waals surface area contributed by atoms with E-state index in [-0.39, 0.29) is 5.70 Å². The molecular weight excluding hydrogens is 209 g/mol. The normalized spacial score (nSPS) is 29.5. The van der Waals surface area contributed by atoms with Gasteiger partial charge in [0.15, 0.2) is 5.78 Å². The maximum atomic E-state index is 12.6. The standard InChI is InChI=1S/C9H13F3N2O/c1-8(9(10,11)12)5-13-6(7(8)15)4-14(2)3/h4,13H,5H2,1-3H3/b6-4+. The maximum absolute atomic E-state index is 12.6. The van der Waals surface area contributed by atoms with Gasteiger partial charge in [0.2, 0.25) is 0 Å². The summed E-state index contributed by atoms with van der Waals surface area (Å²) in [5.41, 5.74) is -2.28. The lowest BCUT2D eigenvalue weighted by Gasteiger charge is -2.23. The molecule has 0 aromatic rings. The lowest BCUT2D eigenvalue weighted by molar-refractivity contribution is -0.207. The fourth-order valence-electron chi connectivity index (χ4n) is 1.32. The number of ketones is 1. The second kappa shape index (κ2) is 3.43. The molecule has 1 unspecified atom stereocenters. The van der Waals surface area contributed by atoms with Gasteiger partial charge in [-0.2, -0.15) is 13.2 Å². The van der Waals surface area contributed by atoms with Crippen LogP contribution in [-0.4, -0.2) is 37.5 Å². The van der Waals surface area contributed by atoms with E-state index in [1.54, 1.807) is 14.1 Å². The van der Waals surface area contributed by atoms with E-state index in [0.717, 1.165) is 6.92 Å². The van der Waals surface area contributed by atoms with Crippen LogP contribution in [0.2, 0.25) is 0 Å². The number of allylic oxidation sites excluding steroid dienone is 1. The molecule has 15 heavy (non-hydrogen) atoms. The van der Waals surface area contributed by atoms with Crippen molar-refractivity contribution in [3.05, 3.63) is 11.9 Å². The van der Waals surface area contributed by atoms with Gasteiger partial charge in [-0.15, -0.1) is 0 Å². The quantitative estimate of drug-likeness (QED) is 0.675. The molecule has 1 atom stereocenters. The van der Waals surface area contributed by atoms with Crippen molar-refractivity contribution in [1.29, 1.82) is 0 Å². The zero-order chi connectivity index (χ0) is 11.9. The molecule has 1 N–H and O–H groups in total. The van der Waals surface area contributed by atoms with Crippen LogP contribution in [0, 0.1) is 5.41 Å². The zero-order valence-corrected chi connectivity index (χ0v) is 8.77. The van der Waals surface area contributed by atoms with Gasteiger partial charge in [-0.1, -0.05) is 0 Å². The highest BCUT2D eigenvalue weighted by Gasteiger charge is 2.60. The van der Waals surface area contributed by atoms with Crippen LogP contribution < -0.4 is 5.32 Å². The summed E-state index contributed by atoms with van der Waals surface area (Å²) in [6.07, 6.45) is -3.15. The Morgan fingerprint density at radius 2 is 2.00 bits per heavy atom. The van der Waals surface area contributed by atoms with Crippen LogP contribution in [0.3, 0.4) is 0 Å². The van der Waals surface area contributed by atoms with E-state index < -0.39 is 23.9 Å². The van der Waals surface area contributed by atoms with Crippen molar-refractivity contribution in [2.24, 2.45) is 5.41 Å². The van der Waals surface area contributed by atoms with Crippen molar-refractivity contribution >= 4 is 5.78 Å². The highest BCUT2D eigenvalue weighted by Crippen LogP contribution is 2.42. The van der Waals surface area contributed by atoms with Gasteiger partial charge in [0.05, 0.1) is 5.70 Å². The first-order valence-electron chi connectivity index (χ1n) is 4.42. The number of halogens is 3. The monoisotopic (exact) mass is 222 g/mol. The minimum Gasteiger partial charge on any atom is -0.382 e. The van der Waals surface area contributed by atoms with Gasteiger partial charge < -0.3 is 10.2 Å². The van der Waals surface area contributed by atoms with E-state index in [2.05, 4.69) is 5.32 Å². The minimum atomic E-state index is -4.51. The van der Waals surface area contributed by atoms with Crippen LogP contribution in [0.25, 0.3) is 0 Å². The van der Waals surface area contributed by atoms with Crippen molar-refractivity contribution in [3.8, 4) is 0 Å². The Morgan fingerprint density at radius 3 is 2.33 bits per heavy atom. The van der Waals surface area contributed by atoms with Gasteiger partial charge in [-0.05, 0) is 6.92 Å². The first-order chi connectivity index (χ1) is 6.68. The SMILES string of the molecule is CN(C)/C=C1/NCC(C)(C(F)(F)F)C1=O. The molecule has 1 aliphatic heterocycles. The van der Waals surface area contributed by atoms with Crippen molar-refractivity contribution in [2.45, 2.75) is 13.1 Å². The van der Waals surface area contributed by atoms with Gasteiger partial charge >= 0.3 is 6.18 Å². The second-order valence-corrected chi connectivity index (χ2v) is 4.02. The number of nitrogens with zero attached hydrogens (tertiary/aromatic N) is 1. The van der Waals surface area contributed by atoms with Gasteiger partial charge in [0, 0.05) is 26.8 Å². The lowest BCUT2D eigenvalue weighted by atomic mass is 9.87. The molecule has 1 heterocycles. The molecule has 1 fully saturated rings. The van der Waals surface area contributed by atoms with Crippen molar-refractivity contribution < 1.29 is 18.0 Å². The molecule has 6 heteroatoms. The van der Waals surface area contributed by atoms with Gasteiger partial charge in [-0.3, -0.25) is 4.79 Å². The van der Waals surface area contributed by atoms with Crippen molar-refractivity contribution in [1.82, 2.24) is 10.2 Å². The molecule has 0 saturated carbocycles. The average Bonchev–Trinajstić information content (AvgIpc) is 2.32. The third kappa shape index (κ3) is 1.93. The first-order valence-corrected chi connectivity index (χ1v) is 4.42. The zero-order valence-electron chi connectivity index (χ0n) is 8.77. The molecule has 0 radical (unpaired) electrons. The number of Topliss-reactive ketones (excluding diaryl/α,β-unsaturated/α-hetero) is 1.